The van der Waals surface area contributed by atoms with Crippen LogP contribution in [-0.2, 0) is 0 Å². The molecule has 5 nitrogen and oxygen atoms in total. The average Bonchev–Trinajstić information content (AvgIpc) is 2.78. The molecule has 20 heavy (non-hydrogen) atoms. The predicted octanol–water partition coefficient (Wildman–Crippen LogP) is 4.40. The van der Waals surface area contributed by atoms with Gasteiger partial charge in [-0.05, 0) is 35.0 Å². The van der Waals surface area contributed by atoms with Crippen LogP contribution in [0.3, 0.4) is 0 Å². The van der Waals surface area contributed by atoms with Gasteiger partial charge in [-0.2, -0.15) is 0 Å². The zero-order valence-electron chi connectivity index (χ0n) is 10.2. The molecule has 0 fully saturated rings. The molecule has 0 unspecified atom stereocenters. The zero-order valence-corrected chi connectivity index (χ0v) is 12.6. The van der Waals surface area contributed by atoms with Gasteiger partial charge in [-0.1, -0.05) is 11.3 Å². The van der Waals surface area contributed by atoms with Gasteiger partial charge in [0.25, 0.3) is 5.06 Å². The van der Waals surface area contributed by atoms with Crippen molar-refractivity contribution in [1.29, 1.82) is 0 Å². The molecule has 0 bridgehead atoms. The van der Waals surface area contributed by atoms with Gasteiger partial charge >= 0.3 is 5.69 Å². The smallest absolute Gasteiger partial charge is 0.323 e. The van der Waals surface area contributed by atoms with Gasteiger partial charge < -0.3 is 9.84 Å². The first-order valence-electron chi connectivity index (χ1n) is 5.47. The van der Waals surface area contributed by atoms with Crippen LogP contribution in [0.25, 0.3) is 0 Å². The first-order valence-corrected chi connectivity index (χ1v) is 7.08. The second-order valence-corrected chi connectivity index (χ2v) is 5.83. The molecule has 0 spiro atoms. The molecule has 106 valence electrons. The Kier molecular flexibility index (Phi) is 4.36. The van der Waals surface area contributed by atoms with Crippen molar-refractivity contribution in [2.45, 2.75) is 13.0 Å². The summed E-state index contributed by atoms with van der Waals surface area (Å²) in [7, 11) is 0. The Balaban J connectivity index is 2.42. The fourth-order valence-corrected chi connectivity index (χ4v) is 2.70. The molecule has 0 aliphatic heterocycles. The van der Waals surface area contributed by atoms with Gasteiger partial charge in [-0.3, -0.25) is 10.1 Å². The van der Waals surface area contributed by atoms with Gasteiger partial charge in [0.05, 0.1) is 15.5 Å². The van der Waals surface area contributed by atoms with E-state index in [-0.39, 0.29) is 16.5 Å². The third-order valence-electron chi connectivity index (χ3n) is 2.40. The summed E-state index contributed by atoms with van der Waals surface area (Å²) in [6, 6.07) is 5.05. The summed E-state index contributed by atoms with van der Waals surface area (Å²) in [4.78, 5) is 10.8. The van der Waals surface area contributed by atoms with Crippen LogP contribution in [0.15, 0.2) is 28.7 Å². The lowest BCUT2D eigenvalue weighted by molar-refractivity contribution is -0.385. The SMILES string of the molecule is C[C@H](O)c1cc([N+](=O)[O-])c(Oc2cc(F)ccc2Br)s1. The Morgan fingerprint density at radius 1 is 1.50 bits per heavy atom. The zero-order chi connectivity index (χ0) is 14.9. The van der Waals surface area contributed by atoms with E-state index in [0.29, 0.717) is 9.35 Å². The van der Waals surface area contributed by atoms with E-state index in [2.05, 4.69) is 15.9 Å². The Morgan fingerprint density at radius 3 is 2.80 bits per heavy atom. The summed E-state index contributed by atoms with van der Waals surface area (Å²) in [5, 5.41) is 20.4. The van der Waals surface area contributed by atoms with Crippen molar-refractivity contribution in [1.82, 2.24) is 0 Å². The first kappa shape index (κ1) is 14.9. The Labute approximate surface area is 125 Å². The van der Waals surface area contributed by atoms with Crippen LogP contribution in [0.1, 0.15) is 17.9 Å². The molecule has 1 aromatic heterocycles. The minimum Gasteiger partial charge on any atom is -0.439 e. The highest BCUT2D eigenvalue weighted by molar-refractivity contribution is 9.10. The molecule has 0 amide bonds. The van der Waals surface area contributed by atoms with E-state index in [9.17, 15) is 19.6 Å². The van der Waals surface area contributed by atoms with Crippen molar-refractivity contribution < 1.29 is 19.2 Å². The number of ether oxygens (including phenoxy) is 1. The average molecular weight is 362 g/mol. The van der Waals surface area contributed by atoms with Crippen LogP contribution < -0.4 is 4.74 Å². The lowest BCUT2D eigenvalue weighted by atomic mass is 10.3. The standard InChI is InChI=1S/C12H9BrFNO4S/c1-6(16)11-5-9(15(17)18)12(20-11)19-10-4-7(14)2-3-8(10)13/h2-6,16H,1H3/t6-/m0/s1. The number of rotatable bonds is 4. The van der Waals surface area contributed by atoms with Crippen LogP contribution >= 0.6 is 27.3 Å². The van der Waals surface area contributed by atoms with E-state index < -0.39 is 16.8 Å². The molecule has 0 aliphatic carbocycles. The molecule has 0 saturated heterocycles. The molecule has 8 heteroatoms. The van der Waals surface area contributed by atoms with Crippen LogP contribution in [0.2, 0.25) is 0 Å². The minimum absolute atomic E-state index is 0.00259. The molecule has 0 saturated carbocycles. The van der Waals surface area contributed by atoms with Crippen molar-refractivity contribution in [3.05, 3.63) is 49.5 Å². The molecule has 1 heterocycles. The highest BCUT2D eigenvalue weighted by Crippen LogP contribution is 2.43. The lowest BCUT2D eigenvalue weighted by Crippen LogP contribution is -1.90. The van der Waals surface area contributed by atoms with Crippen LogP contribution in [0.5, 0.6) is 10.8 Å². The number of thiophene rings is 1. The molecule has 2 aromatic rings. The van der Waals surface area contributed by atoms with Gasteiger partial charge in [-0.25, -0.2) is 4.39 Å². The maximum absolute atomic E-state index is 13.2. The van der Waals surface area contributed by atoms with E-state index in [1.165, 1.54) is 25.1 Å². The molecular weight excluding hydrogens is 353 g/mol. The number of halogens is 2. The van der Waals surface area contributed by atoms with E-state index in [1.807, 2.05) is 0 Å². The summed E-state index contributed by atoms with van der Waals surface area (Å²) >= 11 is 4.13. The molecule has 1 aromatic carbocycles. The number of benzene rings is 1. The molecule has 2 rings (SSSR count). The van der Waals surface area contributed by atoms with E-state index in [0.717, 1.165) is 17.4 Å². The number of nitro groups is 1. The summed E-state index contributed by atoms with van der Waals surface area (Å²) in [5.41, 5.74) is -0.262. The lowest BCUT2D eigenvalue weighted by Gasteiger charge is -2.05. The molecule has 0 radical (unpaired) electrons. The first-order chi connectivity index (χ1) is 9.38. The summed E-state index contributed by atoms with van der Waals surface area (Å²) in [6.07, 6.45) is -0.841. The van der Waals surface area contributed by atoms with Gasteiger partial charge in [0.2, 0.25) is 0 Å². The summed E-state index contributed by atoms with van der Waals surface area (Å²) in [6.45, 7) is 1.50. The van der Waals surface area contributed by atoms with Crippen molar-refractivity contribution in [3.63, 3.8) is 0 Å². The second kappa shape index (κ2) is 5.86. The molecule has 1 N–H and O–H groups in total. The Morgan fingerprint density at radius 2 is 2.20 bits per heavy atom. The molecular formula is C12H9BrFNO4S. The highest BCUT2D eigenvalue weighted by atomic mass is 79.9. The van der Waals surface area contributed by atoms with Crippen LogP contribution in [0, 0.1) is 15.9 Å². The van der Waals surface area contributed by atoms with Crippen molar-refractivity contribution in [2.24, 2.45) is 0 Å². The predicted molar refractivity (Wildman–Crippen MR) is 75.8 cm³/mol. The van der Waals surface area contributed by atoms with Crippen molar-refractivity contribution >= 4 is 33.0 Å². The topological polar surface area (TPSA) is 72.6 Å². The third kappa shape index (κ3) is 3.14. The maximum Gasteiger partial charge on any atom is 0.323 e. The van der Waals surface area contributed by atoms with Crippen molar-refractivity contribution in [2.75, 3.05) is 0 Å². The molecule has 0 aliphatic rings. The maximum atomic E-state index is 13.2. The van der Waals surface area contributed by atoms with E-state index in [1.54, 1.807) is 0 Å². The van der Waals surface area contributed by atoms with E-state index in [4.69, 9.17) is 4.74 Å². The highest BCUT2D eigenvalue weighted by Gasteiger charge is 2.23. The number of hydrogen-bond donors (Lipinski definition) is 1. The fourth-order valence-electron chi connectivity index (χ4n) is 1.44. The fraction of sp³-hybridized carbons (Fsp3) is 0.167. The van der Waals surface area contributed by atoms with Crippen LogP contribution in [-0.4, -0.2) is 10.0 Å². The van der Waals surface area contributed by atoms with Crippen LogP contribution in [0.4, 0.5) is 10.1 Å². The number of nitrogens with zero attached hydrogens (tertiary/aromatic N) is 1. The molecule has 1 atom stereocenters. The summed E-state index contributed by atoms with van der Waals surface area (Å²) in [5.74, 6) is -0.384. The number of aliphatic hydroxyl groups excluding tert-OH is 1. The summed E-state index contributed by atoms with van der Waals surface area (Å²) < 4.78 is 19.0. The Bertz CT molecular complexity index is 659. The number of hydrogen-bond acceptors (Lipinski definition) is 5. The van der Waals surface area contributed by atoms with Gasteiger partial charge in [-0.15, -0.1) is 0 Å². The quantitative estimate of drug-likeness (QED) is 0.646. The van der Waals surface area contributed by atoms with Gasteiger partial charge in [0.1, 0.15) is 11.6 Å². The largest absolute Gasteiger partial charge is 0.439 e. The Hall–Kier alpha value is -1.51. The normalized spacial score (nSPS) is 12.2. The van der Waals surface area contributed by atoms with Gasteiger partial charge in [0, 0.05) is 17.0 Å². The van der Waals surface area contributed by atoms with E-state index >= 15 is 0 Å². The second-order valence-electron chi connectivity index (χ2n) is 3.93. The van der Waals surface area contributed by atoms with Crippen molar-refractivity contribution in [3.8, 4) is 10.8 Å². The number of aliphatic hydroxyl groups is 1. The third-order valence-corrected chi connectivity index (χ3v) is 4.23. The van der Waals surface area contributed by atoms with Gasteiger partial charge in [0.15, 0.2) is 0 Å². The minimum atomic E-state index is -0.841. The monoisotopic (exact) mass is 361 g/mol.